The minimum atomic E-state index is 0.512. The molecule has 2 heteroatoms. The summed E-state index contributed by atoms with van der Waals surface area (Å²) in [5.74, 6) is 2.99. The number of fused-ring (bicyclic) bond motifs is 2. The summed E-state index contributed by atoms with van der Waals surface area (Å²) < 4.78 is 6.06. The Morgan fingerprint density at radius 3 is 2.80 bits per heavy atom. The normalized spacial score (nSPS) is 44.8. The van der Waals surface area contributed by atoms with Gasteiger partial charge in [0.15, 0.2) is 0 Å². The van der Waals surface area contributed by atoms with Crippen molar-refractivity contribution in [2.45, 2.75) is 44.6 Å². The van der Waals surface area contributed by atoms with Gasteiger partial charge in [-0.1, -0.05) is 6.42 Å². The molecule has 1 heterocycles. The van der Waals surface area contributed by atoms with Crippen LogP contribution in [0.4, 0.5) is 0 Å². The number of hydrogen-bond donors (Lipinski definition) is 1. The maximum atomic E-state index is 6.06. The SMILES string of the molecule is C1CNCC(OCC2CC3CCC2C3)C1. The molecule has 3 aliphatic rings. The molecule has 4 atom stereocenters. The van der Waals surface area contributed by atoms with E-state index in [2.05, 4.69) is 5.32 Å². The van der Waals surface area contributed by atoms with Crippen molar-refractivity contribution in [1.29, 1.82) is 0 Å². The van der Waals surface area contributed by atoms with Gasteiger partial charge in [0, 0.05) is 6.54 Å². The molecule has 15 heavy (non-hydrogen) atoms. The third kappa shape index (κ3) is 2.21. The molecule has 0 radical (unpaired) electrons. The van der Waals surface area contributed by atoms with Gasteiger partial charge in [0.05, 0.1) is 12.7 Å². The van der Waals surface area contributed by atoms with Crippen LogP contribution < -0.4 is 5.32 Å². The summed E-state index contributed by atoms with van der Waals surface area (Å²) in [7, 11) is 0. The second-order valence-electron chi connectivity index (χ2n) is 5.74. The lowest BCUT2D eigenvalue weighted by atomic mass is 9.89. The topological polar surface area (TPSA) is 21.3 Å². The van der Waals surface area contributed by atoms with Gasteiger partial charge in [0.2, 0.25) is 0 Å². The van der Waals surface area contributed by atoms with Crippen LogP contribution in [0.15, 0.2) is 0 Å². The van der Waals surface area contributed by atoms with Crippen LogP contribution in [-0.4, -0.2) is 25.8 Å². The number of rotatable bonds is 3. The maximum Gasteiger partial charge on any atom is 0.0700 e. The summed E-state index contributed by atoms with van der Waals surface area (Å²) >= 11 is 0. The monoisotopic (exact) mass is 209 g/mol. The Bertz CT molecular complexity index is 213. The van der Waals surface area contributed by atoms with Crippen LogP contribution in [0, 0.1) is 17.8 Å². The molecule has 3 rings (SSSR count). The summed E-state index contributed by atoms with van der Waals surface area (Å²) in [6.07, 6.45) is 9.04. The van der Waals surface area contributed by atoms with Gasteiger partial charge in [-0.15, -0.1) is 0 Å². The van der Waals surface area contributed by atoms with Crippen molar-refractivity contribution >= 4 is 0 Å². The molecule has 2 saturated carbocycles. The lowest BCUT2D eigenvalue weighted by Crippen LogP contribution is -2.36. The van der Waals surface area contributed by atoms with E-state index in [0.717, 1.165) is 30.9 Å². The zero-order valence-corrected chi connectivity index (χ0v) is 9.58. The summed E-state index contributed by atoms with van der Waals surface area (Å²) in [6.45, 7) is 3.32. The first kappa shape index (κ1) is 10.1. The van der Waals surface area contributed by atoms with Crippen LogP contribution in [0.25, 0.3) is 0 Å². The molecule has 0 aromatic heterocycles. The average molecular weight is 209 g/mol. The number of hydrogen-bond acceptors (Lipinski definition) is 2. The predicted molar refractivity (Wildman–Crippen MR) is 60.8 cm³/mol. The smallest absolute Gasteiger partial charge is 0.0700 e. The Morgan fingerprint density at radius 2 is 2.13 bits per heavy atom. The van der Waals surface area contributed by atoms with Crippen LogP contribution >= 0.6 is 0 Å². The van der Waals surface area contributed by atoms with E-state index in [1.165, 1.54) is 45.1 Å². The maximum absolute atomic E-state index is 6.06. The Kier molecular flexibility index (Phi) is 2.98. The lowest BCUT2D eigenvalue weighted by molar-refractivity contribution is 0.00455. The van der Waals surface area contributed by atoms with Crippen LogP contribution in [0.3, 0.4) is 0 Å². The highest BCUT2D eigenvalue weighted by atomic mass is 16.5. The predicted octanol–water partition coefficient (Wildman–Crippen LogP) is 2.19. The molecule has 2 nitrogen and oxygen atoms in total. The largest absolute Gasteiger partial charge is 0.377 e. The molecular weight excluding hydrogens is 186 g/mol. The van der Waals surface area contributed by atoms with Crippen molar-refractivity contribution in [2.24, 2.45) is 17.8 Å². The van der Waals surface area contributed by atoms with E-state index in [4.69, 9.17) is 4.74 Å². The summed E-state index contributed by atoms with van der Waals surface area (Å²) in [5, 5.41) is 3.42. The van der Waals surface area contributed by atoms with Gasteiger partial charge in [-0.25, -0.2) is 0 Å². The number of nitrogens with one attached hydrogen (secondary N) is 1. The quantitative estimate of drug-likeness (QED) is 0.769. The van der Waals surface area contributed by atoms with Crippen LogP contribution in [0.1, 0.15) is 38.5 Å². The van der Waals surface area contributed by atoms with Crippen molar-refractivity contribution in [3.8, 4) is 0 Å². The van der Waals surface area contributed by atoms with Gasteiger partial charge in [-0.3, -0.25) is 0 Å². The zero-order valence-electron chi connectivity index (χ0n) is 9.58. The fraction of sp³-hybridized carbons (Fsp3) is 1.00. The third-order valence-electron chi connectivity index (χ3n) is 4.68. The molecule has 4 unspecified atom stereocenters. The highest BCUT2D eigenvalue weighted by Crippen LogP contribution is 2.48. The van der Waals surface area contributed by atoms with Gasteiger partial charge in [0.25, 0.3) is 0 Å². The van der Waals surface area contributed by atoms with Crippen molar-refractivity contribution in [3.05, 3.63) is 0 Å². The Labute approximate surface area is 92.8 Å². The van der Waals surface area contributed by atoms with E-state index >= 15 is 0 Å². The van der Waals surface area contributed by atoms with Crippen molar-refractivity contribution in [1.82, 2.24) is 5.32 Å². The first-order valence-electron chi connectivity index (χ1n) is 6.74. The van der Waals surface area contributed by atoms with Crippen molar-refractivity contribution in [3.63, 3.8) is 0 Å². The highest BCUT2D eigenvalue weighted by Gasteiger charge is 2.39. The van der Waals surface area contributed by atoms with Crippen LogP contribution in [-0.2, 0) is 4.74 Å². The summed E-state index contributed by atoms with van der Waals surface area (Å²) in [5.41, 5.74) is 0. The molecule has 0 aromatic rings. The Hall–Kier alpha value is -0.0800. The second kappa shape index (κ2) is 4.42. The Morgan fingerprint density at radius 1 is 1.13 bits per heavy atom. The fourth-order valence-corrected chi connectivity index (χ4v) is 3.80. The first-order chi connectivity index (χ1) is 7.42. The molecule has 0 spiro atoms. The van der Waals surface area contributed by atoms with Gasteiger partial charge in [0.1, 0.15) is 0 Å². The van der Waals surface area contributed by atoms with Gasteiger partial charge >= 0.3 is 0 Å². The van der Waals surface area contributed by atoms with Crippen LogP contribution in [0.2, 0.25) is 0 Å². The minimum absolute atomic E-state index is 0.512. The van der Waals surface area contributed by atoms with E-state index < -0.39 is 0 Å². The zero-order chi connectivity index (χ0) is 10.1. The standard InChI is InChI=1S/C13H23NO/c1-2-13(8-14-5-1)15-9-12-7-10-3-4-11(12)6-10/h10-14H,1-9H2. The molecule has 0 aromatic carbocycles. The molecule has 2 aliphatic carbocycles. The molecular formula is C13H23NO. The second-order valence-corrected chi connectivity index (χ2v) is 5.74. The number of ether oxygens (including phenoxy) is 1. The molecule has 86 valence electrons. The number of piperidine rings is 1. The molecule has 1 saturated heterocycles. The Balaban J connectivity index is 1.42. The van der Waals surface area contributed by atoms with E-state index in [0.29, 0.717) is 6.10 Å². The van der Waals surface area contributed by atoms with E-state index in [-0.39, 0.29) is 0 Å². The van der Waals surface area contributed by atoms with E-state index in [1.807, 2.05) is 0 Å². The van der Waals surface area contributed by atoms with Gasteiger partial charge < -0.3 is 10.1 Å². The first-order valence-corrected chi connectivity index (χ1v) is 6.74. The minimum Gasteiger partial charge on any atom is -0.377 e. The molecule has 0 amide bonds. The third-order valence-corrected chi connectivity index (χ3v) is 4.68. The van der Waals surface area contributed by atoms with Gasteiger partial charge in [-0.2, -0.15) is 0 Å². The fourth-order valence-electron chi connectivity index (χ4n) is 3.80. The van der Waals surface area contributed by atoms with Crippen LogP contribution in [0.5, 0.6) is 0 Å². The summed E-state index contributed by atoms with van der Waals surface area (Å²) in [4.78, 5) is 0. The van der Waals surface area contributed by atoms with E-state index in [1.54, 1.807) is 0 Å². The molecule has 1 N–H and O–H groups in total. The molecule has 3 fully saturated rings. The van der Waals surface area contributed by atoms with Gasteiger partial charge in [-0.05, 0) is 56.4 Å². The summed E-state index contributed by atoms with van der Waals surface area (Å²) in [6, 6.07) is 0. The highest BCUT2D eigenvalue weighted by molar-refractivity contribution is 4.90. The lowest BCUT2D eigenvalue weighted by Gasteiger charge is -2.27. The van der Waals surface area contributed by atoms with E-state index in [9.17, 15) is 0 Å². The van der Waals surface area contributed by atoms with Crippen molar-refractivity contribution < 1.29 is 4.74 Å². The molecule has 1 aliphatic heterocycles. The average Bonchev–Trinajstić information content (AvgIpc) is 2.89. The molecule has 2 bridgehead atoms. The van der Waals surface area contributed by atoms with Crippen molar-refractivity contribution in [2.75, 3.05) is 19.7 Å².